The number of amides is 1. The Labute approximate surface area is 148 Å². The Morgan fingerprint density at radius 3 is 2.46 bits per heavy atom. The quantitative estimate of drug-likeness (QED) is 0.610. The number of benzene rings is 1. The first-order valence-corrected chi connectivity index (χ1v) is 7.91. The van der Waals surface area contributed by atoms with Gasteiger partial charge in [-0.05, 0) is 18.2 Å². The Morgan fingerprint density at radius 1 is 1.15 bits per heavy atom. The SMILES string of the molecule is O=C(C#Cc1ccc(C(F)F)cc1)N1CCN(c2ncccn2)C(F)C1. The van der Waals surface area contributed by atoms with E-state index in [1.54, 1.807) is 6.07 Å². The molecule has 0 saturated carbocycles. The van der Waals surface area contributed by atoms with Gasteiger partial charge in [-0.2, -0.15) is 0 Å². The minimum atomic E-state index is -2.55. The zero-order valence-electron chi connectivity index (χ0n) is 13.6. The van der Waals surface area contributed by atoms with Gasteiger partial charge in [0, 0.05) is 42.5 Å². The van der Waals surface area contributed by atoms with E-state index < -0.39 is 18.6 Å². The predicted molar refractivity (Wildman–Crippen MR) is 89.1 cm³/mol. The van der Waals surface area contributed by atoms with Crippen molar-refractivity contribution in [2.75, 3.05) is 24.5 Å². The number of nitrogens with zero attached hydrogens (tertiary/aromatic N) is 4. The molecule has 1 amide bonds. The van der Waals surface area contributed by atoms with Crippen LogP contribution in [0.15, 0.2) is 42.7 Å². The monoisotopic (exact) mass is 360 g/mol. The third-order valence-corrected chi connectivity index (χ3v) is 3.89. The van der Waals surface area contributed by atoms with Crippen molar-refractivity contribution in [1.29, 1.82) is 0 Å². The van der Waals surface area contributed by atoms with Gasteiger partial charge in [0.2, 0.25) is 5.95 Å². The van der Waals surface area contributed by atoms with E-state index in [0.717, 1.165) is 0 Å². The number of aromatic nitrogens is 2. The van der Waals surface area contributed by atoms with Gasteiger partial charge >= 0.3 is 0 Å². The fraction of sp³-hybridized carbons (Fsp3) is 0.278. The number of hydrogen-bond donors (Lipinski definition) is 0. The van der Waals surface area contributed by atoms with Gasteiger partial charge < -0.3 is 9.80 Å². The van der Waals surface area contributed by atoms with Crippen LogP contribution in [0.25, 0.3) is 0 Å². The molecule has 1 aromatic carbocycles. The zero-order valence-corrected chi connectivity index (χ0v) is 13.6. The largest absolute Gasteiger partial charge is 0.325 e. The van der Waals surface area contributed by atoms with E-state index in [9.17, 15) is 18.0 Å². The van der Waals surface area contributed by atoms with Gasteiger partial charge in [-0.25, -0.2) is 23.1 Å². The summed E-state index contributed by atoms with van der Waals surface area (Å²) < 4.78 is 39.4. The fourth-order valence-electron chi connectivity index (χ4n) is 2.51. The van der Waals surface area contributed by atoms with Gasteiger partial charge in [0.05, 0.1) is 6.54 Å². The van der Waals surface area contributed by atoms with Crippen molar-refractivity contribution in [3.05, 3.63) is 53.9 Å². The lowest BCUT2D eigenvalue weighted by atomic mass is 10.1. The molecule has 1 unspecified atom stereocenters. The molecule has 3 rings (SSSR count). The number of alkyl halides is 3. The number of hydrogen-bond acceptors (Lipinski definition) is 4. The molecule has 1 atom stereocenters. The average Bonchev–Trinajstić information content (AvgIpc) is 2.67. The number of carbonyl (C=O) groups excluding carboxylic acids is 1. The van der Waals surface area contributed by atoms with Gasteiger partial charge in [-0.15, -0.1) is 0 Å². The Balaban J connectivity index is 1.62. The molecule has 5 nitrogen and oxygen atoms in total. The summed E-state index contributed by atoms with van der Waals surface area (Å²) in [6.07, 6.45) is -0.929. The molecular formula is C18H15F3N4O. The molecule has 8 heteroatoms. The van der Waals surface area contributed by atoms with Gasteiger partial charge in [-0.3, -0.25) is 4.79 Å². The van der Waals surface area contributed by atoms with Crippen LogP contribution in [0.1, 0.15) is 17.6 Å². The third kappa shape index (κ3) is 4.11. The van der Waals surface area contributed by atoms with Crippen LogP contribution >= 0.6 is 0 Å². The summed E-state index contributed by atoms with van der Waals surface area (Å²) in [5.74, 6) is 4.80. The van der Waals surface area contributed by atoms with Crippen LogP contribution in [-0.2, 0) is 4.79 Å². The lowest BCUT2D eigenvalue weighted by Crippen LogP contribution is -2.53. The topological polar surface area (TPSA) is 49.3 Å². The van der Waals surface area contributed by atoms with Gasteiger partial charge in [0.15, 0.2) is 6.30 Å². The lowest BCUT2D eigenvalue weighted by Gasteiger charge is -2.36. The molecule has 0 spiro atoms. The Bertz CT molecular complexity index is 818. The molecule has 26 heavy (non-hydrogen) atoms. The molecule has 2 aromatic rings. The Kier molecular flexibility index (Phi) is 5.37. The first-order chi connectivity index (χ1) is 12.5. The highest BCUT2D eigenvalue weighted by Crippen LogP contribution is 2.19. The third-order valence-electron chi connectivity index (χ3n) is 3.89. The minimum absolute atomic E-state index is 0.110. The van der Waals surface area contributed by atoms with Gasteiger partial charge in [-0.1, -0.05) is 18.1 Å². The summed E-state index contributed by atoms with van der Waals surface area (Å²) in [6, 6.07) is 7.00. The second-order valence-corrected chi connectivity index (χ2v) is 5.60. The minimum Gasteiger partial charge on any atom is -0.325 e. The van der Waals surface area contributed by atoms with E-state index >= 15 is 0 Å². The zero-order chi connectivity index (χ0) is 18.5. The highest BCUT2D eigenvalue weighted by atomic mass is 19.3. The normalized spacial score (nSPS) is 17.0. The maximum atomic E-state index is 14.4. The smallest absolute Gasteiger partial charge is 0.299 e. The number of piperazine rings is 1. The standard InChI is InChI=1S/C18H15F3N4O/c19-15-12-24(10-11-25(15)18-22-8-1-9-23-18)16(26)7-4-13-2-5-14(6-3-13)17(20)21/h1-3,5-6,8-9,15,17H,10-12H2. The van der Waals surface area contributed by atoms with Crippen molar-refractivity contribution in [2.45, 2.75) is 12.7 Å². The summed E-state index contributed by atoms with van der Waals surface area (Å²) in [5, 5.41) is 0. The van der Waals surface area contributed by atoms with Gasteiger partial charge in [0.1, 0.15) is 0 Å². The highest BCUT2D eigenvalue weighted by molar-refractivity contribution is 5.94. The summed E-state index contributed by atoms with van der Waals surface area (Å²) >= 11 is 0. The van der Waals surface area contributed by atoms with E-state index in [0.29, 0.717) is 5.56 Å². The van der Waals surface area contributed by atoms with Crippen molar-refractivity contribution in [1.82, 2.24) is 14.9 Å². The highest BCUT2D eigenvalue weighted by Gasteiger charge is 2.30. The number of rotatable bonds is 2. The van der Waals surface area contributed by atoms with E-state index in [-0.39, 0.29) is 31.1 Å². The van der Waals surface area contributed by atoms with Crippen LogP contribution in [0.3, 0.4) is 0 Å². The molecular weight excluding hydrogens is 345 g/mol. The molecule has 1 fully saturated rings. The summed E-state index contributed by atoms with van der Waals surface area (Å²) in [4.78, 5) is 22.9. The summed E-state index contributed by atoms with van der Waals surface area (Å²) in [5.41, 5.74) is 0.331. The second-order valence-electron chi connectivity index (χ2n) is 5.60. The van der Waals surface area contributed by atoms with E-state index in [1.807, 2.05) is 0 Å². The first kappa shape index (κ1) is 17.7. The second kappa shape index (κ2) is 7.87. The van der Waals surface area contributed by atoms with Crippen LogP contribution in [0.5, 0.6) is 0 Å². The van der Waals surface area contributed by atoms with E-state index in [1.165, 1.54) is 46.5 Å². The number of anilines is 1. The van der Waals surface area contributed by atoms with Crippen LogP contribution in [0.4, 0.5) is 19.1 Å². The summed E-state index contributed by atoms with van der Waals surface area (Å²) in [7, 11) is 0. The Morgan fingerprint density at radius 2 is 1.85 bits per heavy atom. The van der Waals surface area contributed by atoms with Crippen molar-refractivity contribution >= 4 is 11.9 Å². The summed E-state index contributed by atoms with van der Waals surface area (Å²) in [6.45, 7) is 0.397. The molecule has 1 aliphatic heterocycles. The number of carbonyl (C=O) groups is 1. The van der Waals surface area contributed by atoms with Crippen LogP contribution in [-0.4, -0.2) is 46.7 Å². The van der Waals surface area contributed by atoms with Crippen LogP contribution in [0.2, 0.25) is 0 Å². The lowest BCUT2D eigenvalue weighted by molar-refractivity contribution is -0.126. The molecule has 0 radical (unpaired) electrons. The van der Waals surface area contributed by atoms with Crippen LogP contribution < -0.4 is 4.90 Å². The van der Waals surface area contributed by atoms with Crippen molar-refractivity contribution in [2.24, 2.45) is 0 Å². The molecule has 1 aromatic heterocycles. The first-order valence-electron chi connectivity index (χ1n) is 7.91. The van der Waals surface area contributed by atoms with Crippen molar-refractivity contribution < 1.29 is 18.0 Å². The molecule has 2 heterocycles. The number of halogens is 3. The Hall–Kier alpha value is -3.08. The molecule has 0 N–H and O–H groups in total. The van der Waals surface area contributed by atoms with Crippen molar-refractivity contribution in [3.63, 3.8) is 0 Å². The predicted octanol–water partition coefficient (Wildman–Crippen LogP) is 2.41. The van der Waals surface area contributed by atoms with Crippen molar-refractivity contribution in [3.8, 4) is 11.8 Å². The molecule has 1 saturated heterocycles. The molecule has 0 aliphatic carbocycles. The molecule has 1 aliphatic rings. The molecule has 134 valence electrons. The van der Waals surface area contributed by atoms with Crippen LogP contribution in [0, 0.1) is 11.8 Å². The maximum absolute atomic E-state index is 14.4. The van der Waals surface area contributed by atoms with Gasteiger partial charge in [0.25, 0.3) is 12.3 Å². The maximum Gasteiger partial charge on any atom is 0.299 e. The molecule has 0 bridgehead atoms. The van der Waals surface area contributed by atoms with E-state index in [2.05, 4.69) is 21.8 Å². The fourth-order valence-corrected chi connectivity index (χ4v) is 2.51. The van der Waals surface area contributed by atoms with E-state index in [4.69, 9.17) is 0 Å². The average molecular weight is 360 g/mol.